The standard InChI is InChI=1S/C35H32O9S4/c1-25(24-47-34(38)42-29-14-6-3-7-15-29)48-35(39)44-31-17-9-11-27(23-31)26-10-8-16-30(22-26)43-33(37)46-21-19-40-18-20-45-32(36)41-28-12-4-2-5-13-28/h2-17,22-23,25H,18-21,24H2,1H3. The van der Waals surface area contributed by atoms with Gasteiger partial charge in [0.2, 0.25) is 0 Å². The first-order chi connectivity index (χ1) is 23.3. The van der Waals surface area contributed by atoms with Gasteiger partial charge in [0.05, 0.1) is 13.2 Å². The van der Waals surface area contributed by atoms with Crippen LogP contribution in [0, 0.1) is 0 Å². The fourth-order valence-corrected chi connectivity index (χ4v) is 6.33. The summed E-state index contributed by atoms with van der Waals surface area (Å²) < 4.78 is 27.0. The van der Waals surface area contributed by atoms with E-state index in [0.29, 0.717) is 53.5 Å². The first-order valence-electron chi connectivity index (χ1n) is 14.6. The van der Waals surface area contributed by atoms with Gasteiger partial charge in [-0.25, -0.2) is 19.2 Å². The average Bonchev–Trinajstić information content (AvgIpc) is 3.08. The number of thioether (sulfide) groups is 4. The van der Waals surface area contributed by atoms with Crippen LogP contribution < -0.4 is 18.9 Å². The monoisotopic (exact) mass is 724 g/mol. The van der Waals surface area contributed by atoms with E-state index in [2.05, 4.69) is 0 Å². The van der Waals surface area contributed by atoms with Gasteiger partial charge in [0.15, 0.2) is 0 Å². The Balaban J connectivity index is 1.13. The number of carbonyl (C=O) groups is 4. The Labute approximate surface area is 295 Å². The van der Waals surface area contributed by atoms with Gasteiger partial charge in [0.25, 0.3) is 0 Å². The van der Waals surface area contributed by atoms with Crippen LogP contribution in [0.4, 0.5) is 19.2 Å². The highest BCUT2D eigenvalue weighted by Crippen LogP contribution is 2.29. The molecule has 0 heterocycles. The van der Waals surface area contributed by atoms with Crippen LogP contribution in [-0.4, -0.2) is 56.9 Å². The molecule has 4 rings (SSSR count). The molecular formula is C35H32O9S4. The van der Waals surface area contributed by atoms with Crippen LogP contribution in [0.15, 0.2) is 109 Å². The summed E-state index contributed by atoms with van der Waals surface area (Å²) in [4.78, 5) is 48.8. The van der Waals surface area contributed by atoms with E-state index in [1.807, 2.05) is 31.2 Å². The zero-order valence-electron chi connectivity index (χ0n) is 25.8. The third kappa shape index (κ3) is 14.1. The molecule has 0 amide bonds. The maximum Gasteiger partial charge on any atom is 0.373 e. The van der Waals surface area contributed by atoms with Crippen LogP contribution in [0.1, 0.15) is 6.92 Å². The third-order valence-corrected chi connectivity index (χ3v) is 9.34. The minimum absolute atomic E-state index is 0.195. The van der Waals surface area contributed by atoms with E-state index in [-0.39, 0.29) is 5.25 Å². The number of ether oxygens (including phenoxy) is 5. The van der Waals surface area contributed by atoms with Crippen molar-refractivity contribution in [1.29, 1.82) is 0 Å². The molecule has 250 valence electrons. The molecule has 0 radical (unpaired) electrons. The van der Waals surface area contributed by atoms with E-state index >= 15 is 0 Å². The molecule has 13 heteroatoms. The maximum absolute atomic E-state index is 12.6. The second kappa shape index (κ2) is 20.5. The lowest BCUT2D eigenvalue weighted by molar-refractivity contribution is 0.167. The van der Waals surface area contributed by atoms with Crippen LogP contribution in [0.2, 0.25) is 0 Å². The molecule has 48 heavy (non-hydrogen) atoms. The van der Waals surface area contributed by atoms with Crippen molar-refractivity contribution in [2.45, 2.75) is 12.2 Å². The van der Waals surface area contributed by atoms with Gasteiger partial charge >= 0.3 is 21.2 Å². The van der Waals surface area contributed by atoms with Crippen molar-refractivity contribution < 1.29 is 42.9 Å². The molecule has 0 aromatic heterocycles. The highest BCUT2D eigenvalue weighted by Gasteiger charge is 2.16. The predicted molar refractivity (Wildman–Crippen MR) is 194 cm³/mol. The van der Waals surface area contributed by atoms with Crippen molar-refractivity contribution in [3.63, 3.8) is 0 Å². The smallest absolute Gasteiger partial charge is 0.373 e. The fourth-order valence-electron chi connectivity index (χ4n) is 3.81. The predicted octanol–water partition coefficient (Wildman–Crippen LogP) is 10.1. The Morgan fingerprint density at radius 3 is 1.44 bits per heavy atom. The maximum atomic E-state index is 12.6. The van der Waals surface area contributed by atoms with Gasteiger partial charge < -0.3 is 23.7 Å². The van der Waals surface area contributed by atoms with Crippen molar-refractivity contribution in [3.8, 4) is 34.1 Å². The molecule has 0 spiro atoms. The van der Waals surface area contributed by atoms with Gasteiger partial charge in [-0.2, -0.15) is 0 Å². The van der Waals surface area contributed by atoms with Crippen molar-refractivity contribution >= 4 is 68.3 Å². The van der Waals surface area contributed by atoms with Crippen molar-refractivity contribution in [1.82, 2.24) is 0 Å². The molecule has 0 aliphatic rings. The molecule has 0 bridgehead atoms. The fraction of sp³-hybridized carbons (Fsp3) is 0.200. The minimum atomic E-state index is -0.496. The summed E-state index contributed by atoms with van der Waals surface area (Å²) in [6, 6.07) is 31.7. The van der Waals surface area contributed by atoms with Crippen LogP contribution >= 0.6 is 47.0 Å². The van der Waals surface area contributed by atoms with Crippen LogP contribution in [0.3, 0.4) is 0 Å². The van der Waals surface area contributed by atoms with E-state index in [1.54, 1.807) is 84.9 Å². The number of carbonyl (C=O) groups excluding carboxylic acids is 4. The number of hydrogen-bond acceptors (Lipinski definition) is 13. The quantitative estimate of drug-likeness (QED) is 0.0908. The first-order valence-corrected chi connectivity index (χ1v) is 18.5. The Kier molecular flexibility index (Phi) is 15.8. The van der Waals surface area contributed by atoms with Gasteiger partial charge in [-0.3, -0.25) is 0 Å². The topological polar surface area (TPSA) is 114 Å². The molecule has 0 N–H and O–H groups in total. The molecule has 1 atom stereocenters. The van der Waals surface area contributed by atoms with E-state index in [4.69, 9.17) is 23.7 Å². The summed E-state index contributed by atoms with van der Waals surface area (Å²) in [6.45, 7) is 2.48. The van der Waals surface area contributed by atoms with Gasteiger partial charge in [-0.15, -0.1) is 0 Å². The summed E-state index contributed by atoms with van der Waals surface area (Å²) in [5, 5.41) is -2.01. The van der Waals surface area contributed by atoms with Crippen LogP contribution in [0.5, 0.6) is 23.0 Å². The summed E-state index contributed by atoms with van der Waals surface area (Å²) in [7, 11) is 0. The Morgan fingerprint density at radius 2 is 0.938 bits per heavy atom. The lowest BCUT2D eigenvalue weighted by Crippen LogP contribution is -2.11. The Hall–Kier alpha value is -3.88. The molecule has 0 aliphatic carbocycles. The molecule has 0 fully saturated rings. The number of para-hydroxylation sites is 2. The number of rotatable bonds is 14. The van der Waals surface area contributed by atoms with Crippen molar-refractivity contribution in [2.24, 2.45) is 0 Å². The lowest BCUT2D eigenvalue weighted by Gasteiger charge is -2.11. The third-order valence-electron chi connectivity index (χ3n) is 5.92. The highest BCUT2D eigenvalue weighted by atomic mass is 32.2. The van der Waals surface area contributed by atoms with E-state index in [9.17, 15) is 19.2 Å². The molecule has 4 aromatic rings. The minimum Gasteiger partial charge on any atom is -0.418 e. The van der Waals surface area contributed by atoms with Gasteiger partial charge in [-0.1, -0.05) is 67.6 Å². The molecule has 4 aromatic carbocycles. The normalized spacial score (nSPS) is 11.3. The van der Waals surface area contributed by atoms with Gasteiger partial charge in [-0.05, 0) is 107 Å². The molecular weight excluding hydrogens is 693 g/mol. The lowest BCUT2D eigenvalue weighted by atomic mass is 10.1. The first kappa shape index (κ1) is 36.9. The summed E-state index contributed by atoms with van der Waals surface area (Å²) in [6.07, 6.45) is 0. The summed E-state index contributed by atoms with van der Waals surface area (Å²) in [5.74, 6) is 2.87. The van der Waals surface area contributed by atoms with Crippen LogP contribution in [0.25, 0.3) is 11.1 Å². The van der Waals surface area contributed by atoms with Gasteiger partial charge in [0, 0.05) is 22.5 Å². The molecule has 0 saturated heterocycles. The second-order valence-electron chi connectivity index (χ2n) is 9.64. The summed E-state index contributed by atoms with van der Waals surface area (Å²) >= 11 is 3.99. The second-order valence-corrected chi connectivity index (χ2v) is 14.0. The van der Waals surface area contributed by atoms with E-state index in [0.717, 1.165) is 58.2 Å². The Bertz CT molecular complexity index is 1640. The van der Waals surface area contributed by atoms with E-state index < -0.39 is 21.2 Å². The number of benzene rings is 4. The van der Waals surface area contributed by atoms with Crippen LogP contribution in [-0.2, 0) is 4.74 Å². The molecule has 0 saturated carbocycles. The van der Waals surface area contributed by atoms with Crippen molar-refractivity contribution in [3.05, 3.63) is 109 Å². The number of hydrogen-bond donors (Lipinski definition) is 0. The van der Waals surface area contributed by atoms with Gasteiger partial charge in [0.1, 0.15) is 23.0 Å². The molecule has 1 unspecified atom stereocenters. The largest absolute Gasteiger partial charge is 0.418 e. The average molecular weight is 725 g/mol. The van der Waals surface area contributed by atoms with E-state index in [1.165, 1.54) is 0 Å². The summed E-state index contributed by atoms with van der Waals surface area (Å²) in [5.41, 5.74) is 1.53. The highest BCUT2D eigenvalue weighted by molar-refractivity contribution is 8.17. The molecule has 0 aliphatic heterocycles. The Morgan fingerprint density at radius 1 is 0.521 bits per heavy atom. The van der Waals surface area contributed by atoms with Crippen molar-refractivity contribution in [2.75, 3.05) is 30.5 Å². The zero-order chi connectivity index (χ0) is 34.0. The SMILES string of the molecule is CC(CSC(=O)Oc1ccccc1)SC(=O)Oc1cccc(-c2cccc(OC(=O)SCCOCCSC(=O)Oc3ccccc3)c2)c1. The zero-order valence-corrected chi connectivity index (χ0v) is 29.1. The molecule has 9 nitrogen and oxygen atoms in total.